The van der Waals surface area contributed by atoms with Crippen molar-refractivity contribution in [2.75, 3.05) is 47.5 Å². The highest BCUT2D eigenvalue weighted by atomic mass is 16.7. The molecule has 0 spiro atoms. The Morgan fingerprint density at radius 2 is 0.655 bits per heavy atom. The van der Waals surface area contributed by atoms with Crippen molar-refractivity contribution in [3.8, 4) is 0 Å². The van der Waals surface area contributed by atoms with E-state index in [-0.39, 0.29) is 32.2 Å². The van der Waals surface area contributed by atoms with Crippen LogP contribution in [-0.2, 0) is 33.3 Å². The van der Waals surface area contributed by atoms with Crippen LogP contribution in [0.3, 0.4) is 0 Å². The number of hydrogen-bond acceptors (Lipinski definition) is 7. The molecule has 0 aromatic heterocycles. The van der Waals surface area contributed by atoms with Gasteiger partial charge in [-0.3, -0.25) is 9.59 Å². The lowest BCUT2D eigenvalue weighted by Gasteiger charge is -2.25. The van der Waals surface area contributed by atoms with Crippen molar-refractivity contribution >= 4 is 17.9 Å². The number of unbranched alkanes of at least 4 members (excludes halogenated alkanes) is 36. The van der Waals surface area contributed by atoms with E-state index < -0.39 is 24.3 Å². The molecule has 2 atom stereocenters. The maximum absolute atomic E-state index is 13.0. The Balaban J connectivity index is 4.05. The molecule has 9 nitrogen and oxygen atoms in total. The summed E-state index contributed by atoms with van der Waals surface area (Å²) in [6, 6.07) is 0. The van der Waals surface area contributed by atoms with Gasteiger partial charge in [0.05, 0.1) is 34.4 Å². The second-order valence-corrected chi connectivity index (χ2v) is 25.5. The second kappa shape index (κ2) is 68.1. The van der Waals surface area contributed by atoms with Gasteiger partial charge in [0.15, 0.2) is 6.10 Å². The van der Waals surface area contributed by atoms with Crippen LogP contribution in [0.4, 0.5) is 0 Å². The molecule has 0 rings (SSSR count). The Morgan fingerprint density at radius 1 is 0.356 bits per heavy atom. The standard InChI is InChI=1S/C78H137NO8/c1-6-8-10-12-14-16-18-20-22-24-26-28-30-31-32-33-34-35-36-37-38-39-40-41-42-43-44-45-47-49-51-53-55-57-59-61-63-65-67-69-76(81)87-74(73-86-78(77(82)83)84-71-70-79(3,4)5)72-85-75(80)68-66-64-62-60-58-56-54-52-50-48-46-29-27-25-23-21-19-17-15-13-11-9-7-2/h8,10,14,16,20,22,25-28,31-32,34-35,37-38,74,78H,6-7,9,11-13,15,17-19,21,23-24,29-30,33,36,39-73H2,1-5H3/p+1/b10-8-,16-14-,22-20-,27-25-,28-26-,32-31-,35-34-,38-37-. The molecular formula is C78H138NO8+. The highest BCUT2D eigenvalue weighted by Crippen LogP contribution is 2.18. The minimum Gasteiger partial charge on any atom is -0.477 e. The van der Waals surface area contributed by atoms with Gasteiger partial charge in [-0.2, -0.15) is 0 Å². The molecule has 0 saturated carbocycles. The van der Waals surface area contributed by atoms with Crippen LogP contribution in [0.15, 0.2) is 97.2 Å². The van der Waals surface area contributed by atoms with Crippen molar-refractivity contribution in [2.45, 2.75) is 334 Å². The van der Waals surface area contributed by atoms with Crippen molar-refractivity contribution in [2.24, 2.45) is 0 Å². The molecule has 0 heterocycles. The highest BCUT2D eigenvalue weighted by molar-refractivity contribution is 5.71. The van der Waals surface area contributed by atoms with E-state index in [2.05, 4.69) is 111 Å². The zero-order chi connectivity index (χ0) is 63.3. The Labute approximate surface area is 537 Å². The van der Waals surface area contributed by atoms with Crippen LogP contribution in [0.5, 0.6) is 0 Å². The second-order valence-electron chi connectivity index (χ2n) is 25.5. The van der Waals surface area contributed by atoms with E-state index in [1.807, 2.05) is 21.1 Å². The summed E-state index contributed by atoms with van der Waals surface area (Å²) in [5, 5.41) is 9.75. The van der Waals surface area contributed by atoms with Gasteiger partial charge in [-0.15, -0.1) is 0 Å². The zero-order valence-corrected chi connectivity index (χ0v) is 57.4. The first-order valence-corrected chi connectivity index (χ1v) is 36.4. The molecule has 0 amide bonds. The van der Waals surface area contributed by atoms with E-state index in [0.29, 0.717) is 17.4 Å². The van der Waals surface area contributed by atoms with E-state index in [0.717, 1.165) is 83.5 Å². The number of carbonyl (C=O) groups is 3. The molecule has 87 heavy (non-hydrogen) atoms. The van der Waals surface area contributed by atoms with Crippen molar-refractivity contribution < 1.29 is 42.9 Å². The van der Waals surface area contributed by atoms with Gasteiger partial charge in [0, 0.05) is 12.8 Å². The summed E-state index contributed by atoms with van der Waals surface area (Å²) in [6.07, 6.45) is 91.0. The van der Waals surface area contributed by atoms with E-state index in [1.54, 1.807) is 0 Å². The number of carboxylic acid groups (broad SMARTS) is 1. The summed E-state index contributed by atoms with van der Waals surface area (Å²) >= 11 is 0. The van der Waals surface area contributed by atoms with Gasteiger partial charge in [-0.05, 0) is 96.3 Å². The van der Waals surface area contributed by atoms with Crippen LogP contribution >= 0.6 is 0 Å². The summed E-state index contributed by atoms with van der Waals surface area (Å²) in [4.78, 5) is 37.6. The summed E-state index contributed by atoms with van der Waals surface area (Å²) in [5.41, 5.74) is 0. The number of nitrogens with zero attached hydrogens (tertiary/aromatic N) is 1. The predicted octanol–water partition coefficient (Wildman–Crippen LogP) is 22.8. The third kappa shape index (κ3) is 69.5. The first kappa shape index (κ1) is 83.2. The number of hydrogen-bond donors (Lipinski definition) is 1. The maximum atomic E-state index is 13.0. The number of ether oxygens (including phenoxy) is 4. The van der Waals surface area contributed by atoms with E-state index in [1.165, 1.54) is 212 Å². The molecule has 9 heteroatoms. The molecule has 0 aliphatic carbocycles. The van der Waals surface area contributed by atoms with Crippen molar-refractivity contribution in [3.05, 3.63) is 97.2 Å². The van der Waals surface area contributed by atoms with Gasteiger partial charge >= 0.3 is 17.9 Å². The predicted molar refractivity (Wildman–Crippen MR) is 373 cm³/mol. The molecule has 0 aliphatic heterocycles. The fraction of sp³-hybridized carbons (Fsp3) is 0.756. The Kier molecular flexibility index (Phi) is 65.2. The van der Waals surface area contributed by atoms with Crippen LogP contribution < -0.4 is 0 Å². The average molecular weight is 1220 g/mol. The number of allylic oxidation sites excluding steroid dienone is 16. The number of quaternary nitrogens is 1. The van der Waals surface area contributed by atoms with Gasteiger partial charge < -0.3 is 28.5 Å². The highest BCUT2D eigenvalue weighted by Gasteiger charge is 2.25. The van der Waals surface area contributed by atoms with Crippen LogP contribution in [0.25, 0.3) is 0 Å². The Hall–Kier alpha value is -3.79. The monoisotopic (exact) mass is 1220 g/mol. The maximum Gasteiger partial charge on any atom is 0.361 e. The van der Waals surface area contributed by atoms with Gasteiger partial charge in [0.2, 0.25) is 0 Å². The van der Waals surface area contributed by atoms with E-state index >= 15 is 0 Å². The molecule has 0 saturated heterocycles. The molecule has 0 aromatic rings. The first-order valence-electron chi connectivity index (χ1n) is 36.4. The third-order valence-corrected chi connectivity index (χ3v) is 15.8. The molecule has 2 unspecified atom stereocenters. The molecule has 502 valence electrons. The molecular weight excluding hydrogens is 1080 g/mol. The smallest absolute Gasteiger partial charge is 0.361 e. The van der Waals surface area contributed by atoms with Crippen LogP contribution in [0.2, 0.25) is 0 Å². The summed E-state index contributed by atoms with van der Waals surface area (Å²) < 4.78 is 23.0. The fourth-order valence-corrected chi connectivity index (χ4v) is 10.3. The zero-order valence-electron chi connectivity index (χ0n) is 57.4. The van der Waals surface area contributed by atoms with Crippen LogP contribution in [0.1, 0.15) is 322 Å². The number of likely N-dealkylation sites (N-methyl/N-ethyl adjacent to an activating group) is 1. The summed E-state index contributed by atoms with van der Waals surface area (Å²) in [6.45, 7) is 4.80. The van der Waals surface area contributed by atoms with Crippen LogP contribution in [0, 0.1) is 0 Å². The molecule has 0 aliphatic rings. The van der Waals surface area contributed by atoms with Crippen molar-refractivity contribution in [3.63, 3.8) is 0 Å². The number of carboxylic acids is 1. The minimum atomic E-state index is -1.51. The van der Waals surface area contributed by atoms with Gasteiger partial charge in [0.25, 0.3) is 6.29 Å². The van der Waals surface area contributed by atoms with Gasteiger partial charge in [-0.25, -0.2) is 4.79 Å². The van der Waals surface area contributed by atoms with Crippen LogP contribution in [-0.4, -0.2) is 87.4 Å². The largest absolute Gasteiger partial charge is 0.477 e. The third-order valence-electron chi connectivity index (χ3n) is 15.8. The summed E-state index contributed by atoms with van der Waals surface area (Å²) in [7, 11) is 5.98. The van der Waals surface area contributed by atoms with Crippen molar-refractivity contribution in [1.82, 2.24) is 0 Å². The topological polar surface area (TPSA) is 108 Å². The quantitative estimate of drug-likeness (QED) is 0.0211. The van der Waals surface area contributed by atoms with Gasteiger partial charge in [0.1, 0.15) is 13.2 Å². The van der Waals surface area contributed by atoms with Gasteiger partial charge in [-0.1, -0.05) is 310 Å². The Bertz CT molecular complexity index is 1750. The lowest BCUT2D eigenvalue weighted by Crippen LogP contribution is -2.40. The lowest BCUT2D eigenvalue weighted by atomic mass is 10.0. The van der Waals surface area contributed by atoms with E-state index in [9.17, 15) is 19.5 Å². The molecule has 1 N–H and O–H groups in total. The molecule has 0 fully saturated rings. The normalized spacial score (nSPS) is 13.3. The molecule has 0 aromatic carbocycles. The molecule has 0 radical (unpaired) electrons. The summed E-state index contributed by atoms with van der Waals surface area (Å²) in [5.74, 6) is -1.99. The number of carbonyl (C=O) groups excluding carboxylic acids is 2. The number of aliphatic carboxylic acids is 1. The minimum absolute atomic E-state index is 0.182. The lowest BCUT2D eigenvalue weighted by molar-refractivity contribution is -0.870. The SMILES string of the molecule is CC/C=C\C/C=C\C/C=C\C/C=C\C/C=C\C/C=C\C/C=C\CCCCCCCCCCCCCCCCCCCC(=O)OC(COC(=O)CCCCCCCCCCCCC/C=C\CCCCCCCCCC)COC(OCC[N+](C)(C)C)C(=O)O. The first-order chi connectivity index (χ1) is 42.6. The number of esters is 2. The fourth-order valence-electron chi connectivity index (χ4n) is 10.3. The van der Waals surface area contributed by atoms with E-state index in [4.69, 9.17) is 18.9 Å². The average Bonchev–Trinajstić information content (AvgIpc) is 3.55. The molecule has 0 bridgehead atoms. The number of rotatable bonds is 67. The van der Waals surface area contributed by atoms with Crippen molar-refractivity contribution in [1.29, 1.82) is 0 Å². The Morgan fingerprint density at radius 3 is 0.989 bits per heavy atom.